The second kappa shape index (κ2) is 5.90. The summed E-state index contributed by atoms with van der Waals surface area (Å²) < 4.78 is 25.6. The Hall–Kier alpha value is -1.11. The summed E-state index contributed by atoms with van der Waals surface area (Å²) in [5.41, 5.74) is 0.243. The first kappa shape index (κ1) is 15.9. The molecule has 2 N–H and O–H groups in total. The lowest BCUT2D eigenvalue weighted by Crippen LogP contribution is -2.28. The van der Waals surface area contributed by atoms with Gasteiger partial charge in [-0.2, -0.15) is 0 Å². The second-order valence-corrected chi connectivity index (χ2v) is 7.58. The molecule has 0 aliphatic heterocycles. The minimum atomic E-state index is -3.47. The van der Waals surface area contributed by atoms with Crippen molar-refractivity contribution in [3.63, 3.8) is 0 Å². The summed E-state index contributed by atoms with van der Waals surface area (Å²) in [6.45, 7) is 4.33. The van der Waals surface area contributed by atoms with Gasteiger partial charge in [0.1, 0.15) is 4.90 Å². The fourth-order valence-electron chi connectivity index (χ4n) is 1.42. The molecule has 0 unspecified atom stereocenters. The molecule has 6 heteroatoms. The van der Waals surface area contributed by atoms with E-state index in [1.54, 1.807) is 24.3 Å². The first-order valence-electron chi connectivity index (χ1n) is 6.07. The molecule has 0 amide bonds. The average Bonchev–Trinajstić information content (AvgIpc) is 2.36. The quantitative estimate of drug-likeness (QED) is 0.828. The van der Waals surface area contributed by atoms with Gasteiger partial charge < -0.3 is 10.4 Å². The zero-order valence-electron chi connectivity index (χ0n) is 11.8. The van der Waals surface area contributed by atoms with Gasteiger partial charge in [0.2, 0.25) is 10.0 Å². The van der Waals surface area contributed by atoms with E-state index in [1.165, 1.54) is 18.4 Å². The van der Waals surface area contributed by atoms with Crippen molar-refractivity contribution in [2.24, 2.45) is 5.41 Å². The molecule has 0 bridgehead atoms. The minimum absolute atomic E-state index is 0.0304. The Morgan fingerprint density at radius 3 is 2.37 bits per heavy atom. The number of nitrogens with zero attached hydrogens (tertiary/aromatic N) is 1. The molecule has 0 aromatic heterocycles. The molecule has 1 aromatic carbocycles. The highest BCUT2D eigenvalue weighted by atomic mass is 32.2. The van der Waals surface area contributed by atoms with Crippen molar-refractivity contribution in [1.82, 2.24) is 4.31 Å². The lowest BCUT2D eigenvalue weighted by atomic mass is 9.95. The zero-order valence-corrected chi connectivity index (χ0v) is 12.7. The van der Waals surface area contributed by atoms with Crippen LogP contribution >= 0.6 is 0 Å². The normalized spacial score (nSPS) is 12.7. The standard InChI is InChI=1S/C13H22N2O3S/c1-13(2,10-16)9-14-11-7-5-6-8-12(11)19(17,18)15(3)4/h5-8,14,16H,9-10H2,1-4H3. The van der Waals surface area contributed by atoms with Gasteiger partial charge in [-0.05, 0) is 12.1 Å². The van der Waals surface area contributed by atoms with Crippen molar-refractivity contribution in [2.45, 2.75) is 18.7 Å². The fraction of sp³-hybridized carbons (Fsp3) is 0.538. The first-order chi connectivity index (χ1) is 8.70. The lowest BCUT2D eigenvalue weighted by Gasteiger charge is -2.24. The summed E-state index contributed by atoms with van der Waals surface area (Å²) in [6.07, 6.45) is 0. The van der Waals surface area contributed by atoms with Crippen LogP contribution in [0.25, 0.3) is 0 Å². The summed E-state index contributed by atoms with van der Waals surface area (Å²) in [5.74, 6) is 0. The zero-order chi connectivity index (χ0) is 14.7. The monoisotopic (exact) mass is 286 g/mol. The number of rotatable bonds is 6. The summed E-state index contributed by atoms with van der Waals surface area (Å²) in [5, 5.41) is 12.3. The van der Waals surface area contributed by atoms with Gasteiger partial charge in [0.15, 0.2) is 0 Å². The van der Waals surface area contributed by atoms with E-state index in [2.05, 4.69) is 5.32 Å². The second-order valence-electron chi connectivity index (χ2n) is 5.46. The number of sulfonamides is 1. The van der Waals surface area contributed by atoms with Crippen molar-refractivity contribution in [1.29, 1.82) is 0 Å². The van der Waals surface area contributed by atoms with Crippen molar-refractivity contribution >= 4 is 15.7 Å². The highest BCUT2D eigenvalue weighted by molar-refractivity contribution is 7.89. The molecule has 0 spiro atoms. The molecular formula is C13H22N2O3S. The van der Waals surface area contributed by atoms with E-state index in [9.17, 15) is 13.5 Å². The maximum Gasteiger partial charge on any atom is 0.244 e. The van der Waals surface area contributed by atoms with Crippen LogP contribution in [0.15, 0.2) is 29.2 Å². The number of para-hydroxylation sites is 1. The van der Waals surface area contributed by atoms with Gasteiger partial charge >= 0.3 is 0 Å². The molecule has 0 saturated heterocycles. The predicted molar refractivity (Wildman–Crippen MR) is 76.7 cm³/mol. The summed E-state index contributed by atoms with van der Waals surface area (Å²) in [4.78, 5) is 0.244. The first-order valence-corrected chi connectivity index (χ1v) is 7.51. The molecule has 0 fully saturated rings. The number of aliphatic hydroxyl groups is 1. The van der Waals surface area contributed by atoms with Crippen molar-refractivity contribution < 1.29 is 13.5 Å². The number of hydrogen-bond acceptors (Lipinski definition) is 4. The van der Waals surface area contributed by atoms with Crippen LogP contribution in [0.1, 0.15) is 13.8 Å². The molecule has 1 aromatic rings. The average molecular weight is 286 g/mol. The van der Waals surface area contributed by atoms with Crippen LogP contribution in [0, 0.1) is 5.41 Å². The van der Waals surface area contributed by atoms with Crippen LogP contribution < -0.4 is 5.32 Å². The molecule has 0 saturated carbocycles. The summed E-state index contributed by atoms with van der Waals surface area (Å²) >= 11 is 0. The van der Waals surface area contributed by atoms with Crippen LogP contribution in [0.3, 0.4) is 0 Å². The van der Waals surface area contributed by atoms with Crippen LogP contribution in [-0.2, 0) is 10.0 Å². The number of aliphatic hydroxyl groups excluding tert-OH is 1. The highest BCUT2D eigenvalue weighted by Crippen LogP contribution is 2.24. The van der Waals surface area contributed by atoms with Gasteiger partial charge in [0, 0.05) is 32.7 Å². The molecule has 0 radical (unpaired) electrons. The topological polar surface area (TPSA) is 69.6 Å². The minimum Gasteiger partial charge on any atom is -0.396 e. The number of nitrogens with one attached hydrogen (secondary N) is 1. The third-order valence-electron chi connectivity index (χ3n) is 2.83. The smallest absolute Gasteiger partial charge is 0.244 e. The Labute approximate surface area is 115 Å². The van der Waals surface area contributed by atoms with Gasteiger partial charge in [-0.15, -0.1) is 0 Å². The van der Waals surface area contributed by atoms with Crippen molar-refractivity contribution in [2.75, 3.05) is 32.6 Å². The van der Waals surface area contributed by atoms with Gasteiger partial charge in [-0.1, -0.05) is 26.0 Å². The number of hydrogen-bond donors (Lipinski definition) is 2. The Bertz CT molecular complexity index is 524. The molecule has 5 nitrogen and oxygen atoms in total. The Morgan fingerprint density at radius 2 is 1.84 bits per heavy atom. The Morgan fingerprint density at radius 1 is 1.26 bits per heavy atom. The van der Waals surface area contributed by atoms with Crippen molar-refractivity contribution in [3.05, 3.63) is 24.3 Å². The van der Waals surface area contributed by atoms with Crippen LogP contribution in [0.5, 0.6) is 0 Å². The summed E-state index contributed by atoms with van der Waals surface area (Å²) in [7, 11) is -0.466. The van der Waals surface area contributed by atoms with Crippen molar-refractivity contribution in [3.8, 4) is 0 Å². The molecule has 0 aliphatic rings. The molecule has 108 valence electrons. The largest absolute Gasteiger partial charge is 0.396 e. The van der Waals surface area contributed by atoms with E-state index in [0.29, 0.717) is 12.2 Å². The molecule has 0 heterocycles. The third-order valence-corrected chi connectivity index (χ3v) is 4.70. The molecule has 0 aliphatic carbocycles. The van der Waals surface area contributed by atoms with E-state index in [1.807, 2.05) is 13.8 Å². The van der Waals surface area contributed by atoms with Gasteiger partial charge in [0.25, 0.3) is 0 Å². The predicted octanol–water partition coefficient (Wildman–Crippen LogP) is 1.37. The number of benzene rings is 1. The Balaban J connectivity index is 3.05. The Kier molecular flexibility index (Phi) is 4.95. The lowest BCUT2D eigenvalue weighted by molar-refractivity contribution is 0.171. The maximum atomic E-state index is 12.2. The molecule has 0 atom stereocenters. The van der Waals surface area contributed by atoms with E-state index in [0.717, 1.165) is 0 Å². The van der Waals surface area contributed by atoms with Crippen LogP contribution in [0.2, 0.25) is 0 Å². The molecule has 19 heavy (non-hydrogen) atoms. The van der Waals surface area contributed by atoms with Gasteiger partial charge in [0.05, 0.1) is 5.69 Å². The van der Waals surface area contributed by atoms with E-state index >= 15 is 0 Å². The fourth-order valence-corrected chi connectivity index (χ4v) is 2.49. The molecular weight excluding hydrogens is 264 g/mol. The van der Waals surface area contributed by atoms with Crippen LogP contribution in [-0.4, -0.2) is 45.1 Å². The molecule has 1 rings (SSSR count). The van der Waals surface area contributed by atoms with E-state index < -0.39 is 10.0 Å². The summed E-state index contributed by atoms with van der Waals surface area (Å²) in [6, 6.07) is 6.77. The maximum absolute atomic E-state index is 12.2. The SMILES string of the molecule is CN(C)S(=O)(=O)c1ccccc1NCC(C)(C)CO. The van der Waals surface area contributed by atoms with E-state index in [-0.39, 0.29) is 16.9 Å². The van der Waals surface area contributed by atoms with Gasteiger partial charge in [-0.25, -0.2) is 12.7 Å². The highest BCUT2D eigenvalue weighted by Gasteiger charge is 2.22. The third kappa shape index (κ3) is 3.92. The van der Waals surface area contributed by atoms with Gasteiger partial charge in [-0.3, -0.25) is 0 Å². The van der Waals surface area contributed by atoms with E-state index in [4.69, 9.17) is 0 Å². The number of anilines is 1. The van der Waals surface area contributed by atoms with Crippen LogP contribution in [0.4, 0.5) is 5.69 Å².